The average Bonchev–Trinajstić information content (AvgIpc) is 3.08. The minimum atomic E-state index is 0. The average molecular weight is 413 g/mol. The van der Waals surface area contributed by atoms with Gasteiger partial charge in [0.25, 0.3) is 0 Å². The summed E-state index contributed by atoms with van der Waals surface area (Å²) in [7, 11) is 0. The summed E-state index contributed by atoms with van der Waals surface area (Å²) < 4.78 is 10.8. The number of nitrogens with zero attached hydrogens (tertiary/aromatic N) is 2. The molecule has 4 rings (SSSR count). The summed E-state index contributed by atoms with van der Waals surface area (Å²) in [6.07, 6.45) is 1.49. The second-order valence-corrected chi connectivity index (χ2v) is 5.04. The molecule has 1 radical (unpaired) electrons. The van der Waals surface area contributed by atoms with Gasteiger partial charge in [0.2, 0.25) is 6.79 Å². The normalized spacial score (nSPS) is 11.3. The molecule has 0 atom stereocenters. The van der Waals surface area contributed by atoms with Gasteiger partial charge in [-0.1, -0.05) is 6.07 Å². The van der Waals surface area contributed by atoms with Gasteiger partial charge in [0, 0.05) is 38.1 Å². The number of hydrogen-bond donors (Lipinski definition) is 2. The molecule has 0 spiro atoms. The molecule has 0 amide bonds. The summed E-state index contributed by atoms with van der Waals surface area (Å²) in [4.78, 5) is 8.51. The van der Waals surface area contributed by atoms with Crippen molar-refractivity contribution < 1.29 is 47.3 Å². The number of nitrogens with one attached hydrogen (secondary N) is 1. The Kier molecular flexibility index (Phi) is 6.56. The molecule has 1 aromatic heterocycles. The van der Waals surface area contributed by atoms with Crippen molar-refractivity contribution in [1.82, 2.24) is 9.97 Å². The summed E-state index contributed by atoms with van der Waals surface area (Å²) in [6.45, 7) is 7.04. The van der Waals surface area contributed by atoms with Crippen LogP contribution in [-0.2, 0) is 32.7 Å². The van der Waals surface area contributed by atoms with Crippen molar-refractivity contribution in [2.24, 2.45) is 0 Å². The van der Waals surface area contributed by atoms with Gasteiger partial charge in [0.1, 0.15) is 17.9 Å². The van der Waals surface area contributed by atoms with Crippen molar-refractivity contribution >= 4 is 22.4 Å². The van der Waals surface area contributed by atoms with Gasteiger partial charge in [-0.2, -0.15) is 6.92 Å². The van der Waals surface area contributed by atoms with E-state index in [0.717, 1.165) is 22.2 Å². The molecule has 7 heteroatoms. The molecule has 0 unspecified atom stereocenters. The zero-order chi connectivity index (χ0) is 17.1. The molecule has 0 saturated heterocycles. The first-order valence-corrected chi connectivity index (χ1v) is 7.53. The molecule has 3 aromatic rings. The van der Waals surface area contributed by atoms with E-state index in [9.17, 15) is 5.11 Å². The van der Waals surface area contributed by atoms with Crippen molar-refractivity contribution in [3.63, 3.8) is 0 Å². The number of fused-ring (bicyclic) bond motifs is 2. The quantitative estimate of drug-likeness (QED) is 0.620. The Morgan fingerprint density at radius 1 is 1.16 bits per heavy atom. The van der Waals surface area contributed by atoms with Crippen LogP contribution in [0.1, 0.15) is 12.5 Å². The summed E-state index contributed by atoms with van der Waals surface area (Å²) in [6, 6.07) is 9.09. The van der Waals surface area contributed by atoms with Gasteiger partial charge in [0.05, 0.1) is 11.2 Å². The molecular formula is C18H18N3O3Y-. The summed E-state index contributed by atoms with van der Waals surface area (Å²) >= 11 is 0. The second-order valence-electron chi connectivity index (χ2n) is 5.04. The predicted octanol–water partition coefficient (Wildman–Crippen LogP) is 3.95. The smallest absolute Gasteiger partial charge is 0.231 e. The Labute approximate surface area is 171 Å². The van der Waals surface area contributed by atoms with Crippen LogP contribution in [0.5, 0.6) is 17.2 Å². The number of phenols is 1. The first-order valence-electron chi connectivity index (χ1n) is 7.53. The molecule has 0 saturated carbocycles. The van der Waals surface area contributed by atoms with E-state index in [1.165, 1.54) is 6.33 Å². The maximum Gasteiger partial charge on any atom is 0.231 e. The topological polar surface area (TPSA) is 76.5 Å². The molecule has 0 aliphatic carbocycles. The maximum absolute atomic E-state index is 9.93. The minimum Gasteiger partial charge on any atom is -0.508 e. The van der Waals surface area contributed by atoms with Gasteiger partial charge in [-0.05, 0) is 36.8 Å². The number of ether oxygens (including phenoxy) is 2. The van der Waals surface area contributed by atoms with Crippen LogP contribution in [0.15, 0.2) is 36.7 Å². The Balaban J connectivity index is 0.000000726. The zero-order valence-electron chi connectivity index (χ0n) is 14.1. The summed E-state index contributed by atoms with van der Waals surface area (Å²) in [5.74, 6) is 2.17. The van der Waals surface area contributed by atoms with Crippen LogP contribution in [-0.4, -0.2) is 21.9 Å². The van der Waals surface area contributed by atoms with Crippen LogP contribution >= 0.6 is 0 Å². The fourth-order valence-electron chi connectivity index (χ4n) is 2.45. The molecule has 0 bridgehead atoms. The summed E-state index contributed by atoms with van der Waals surface area (Å²) in [5, 5.41) is 13.9. The Morgan fingerprint density at radius 3 is 2.76 bits per heavy atom. The molecule has 0 fully saturated rings. The van der Waals surface area contributed by atoms with Crippen LogP contribution in [0.4, 0.5) is 11.5 Å². The first kappa shape index (κ1) is 19.4. The number of aryl methyl sites for hydroxylation is 1. The van der Waals surface area contributed by atoms with Crippen LogP contribution in [0.25, 0.3) is 10.9 Å². The number of anilines is 2. The van der Waals surface area contributed by atoms with Gasteiger partial charge in [-0.25, -0.2) is 9.97 Å². The molecule has 6 nitrogen and oxygen atoms in total. The fraction of sp³-hybridized carbons (Fsp3) is 0.167. The van der Waals surface area contributed by atoms with E-state index >= 15 is 0 Å². The van der Waals surface area contributed by atoms with Gasteiger partial charge in [-0.15, -0.1) is 0 Å². The number of aromatic hydroxyl groups is 1. The van der Waals surface area contributed by atoms with Gasteiger partial charge >= 0.3 is 0 Å². The van der Waals surface area contributed by atoms with Crippen LogP contribution in [0, 0.1) is 13.8 Å². The maximum atomic E-state index is 9.93. The van der Waals surface area contributed by atoms with Crippen molar-refractivity contribution in [3.05, 3.63) is 49.1 Å². The van der Waals surface area contributed by atoms with E-state index in [0.29, 0.717) is 17.3 Å². The first-order chi connectivity index (χ1) is 11.7. The minimum absolute atomic E-state index is 0. The number of hydrogen-bond acceptors (Lipinski definition) is 6. The van der Waals surface area contributed by atoms with Crippen LogP contribution in [0.3, 0.4) is 0 Å². The van der Waals surface area contributed by atoms with Gasteiger partial charge in [0.15, 0.2) is 11.5 Å². The SMILES string of the molecule is Cc1cc2ncnc(Nc3cccc4c3OCO4)c2cc1O.[CH2-]C.[Y]. The van der Waals surface area contributed by atoms with E-state index in [1.807, 2.05) is 31.2 Å². The third-order valence-electron chi connectivity index (χ3n) is 3.60. The molecule has 1 aliphatic heterocycles. The van der Waals surface area contributed by atoms with Gasteiger partial charge in [-0.3, -0.25) is 0 Å². The van der Waals surface area contributed by atoms with Crippen LogP contribution in [0.2, 0.25) is 0 Å². The number of rotatable bonds is 2. The van der Waals surface area contributed by atoms with Crippen molar-refractivity contribution in [2.45, 2.75) is 13.8 Å². The number of benzene rings is 2. The molecule has 25 heavy (non-hydrogen) atoms. The van der Waals surface area contributed by atoms with Crippen molar-refractivity contribution in [2.75, 3.05) is 12.1 Å². The van der Waals surface area contributed by atoms with Crippen molar-refractivity contribution in [3.8, 4) is 17.2 Å². The number of aromatic nitrogens is 2. The molecule has 127 valence electrons. The monoisotopic (exact) mass is 413 g/mol. The number of phenolic OH excluding ortho intramolecular Hbond substituents is 1. The van der Waals surface area contributed by atoms with E-state index in [1.54, 1.807) is 13.0 Å². The van der Waals surface area contributed by atoms with E-state index in [-0.39, 0.29) is 45.3 Å². The zero-order valence-corrected chi connectivity index (χ0v) is 17.0. The second kappa shape index (κ2) is 8.45. The standard InChI is InChI=1S/C16H13N3O3.C2H5.Y/c1-9-5-12-10(6-13(9)20)16(18-7-17-12)19-11-3-2-4-14-15(11)22-8-21-14;1-2;/h2-7,20H,8H2,1H3,(H,17,18,19);1H2,2H3;/q;-1;. The predicted molar refractivity (Wildman–Crippen MR) is 92.8 cm³/mol. The van der Waals surface area contributed by atoms with E-state index in [2.05, 4.69) is 22.2 Å². The molecular weight excluding hydrogens is 395 g/mol. The molecule has 2 heterocycles. The number of para-hydroxylation sites is 1. The van der Waals surface area contributed by atoms with Gasteiger partial charge < -0.3 is 26.8 Å². The third kappa shape index (κ3) is 3.85. The van der Waals surface area contributed by atoms with Crippen molar-refractivity contribution in [1.29, 1.82) is 0 Å². The Bertz CT molecular complexity index is 887. The van der Waals surface area contributed by atoms with E-state index < -0.39 is 0 Å². The van der Waals surface area contributed by atoms with E-state index in [4.69, 9.17) is 9.47 Å². The molecule has 2 aromatic carbocycles. The largest absolute Gasteiger partial charge is 0.508 e. The third-order valence-corrected chi connectivity index (χ3v) is 3.60. The van der Waals surface area contributed by atoms with Crippen LogP contribution < -0.4 is 14.8 Å². The molecule has 2 N–H and O–H groups in total. The Morgan fingerprint density at radius 2 is 1.96 bits per heavy atom. The summed E-state index contributed by atoms with van der Waals surface area (Å²) in [5.41, 5.74) is 2.29. The molecule has 1 aliphatic rings. The fourth-order valence-corrected chi connectivity index (χ4v) is 2.45. The Hall–Kier alpha value is -1.92.